The zero-order valence-corrected chi connectivity index (χ0v) is 9.87. The van der Waals surface area contributed by atoms with E-state index in [-0.39, 0.29) is 0 Å². The molecular weight excluding hydrogens is 200 g/mol. The molecule has 0 rings (SSSR count). The second kappa shape index (κ2) is 5.18. The van der Waals surface area contributed by atoms with Gasteiger partial charge in [0.1, 0.15) is 0 Å². The first-order valence-electron chi connectivity index (χ1n) is 4.62. The lowest BCUT2D eigenvalue weighted by molar-refractivity contribution is 0.300. The Hall–Kier alpha value is 0.480. The molecule has 0 amide bonds. The molecule has 0 saturated carbocycles. The van der Waals surface area contributed by atoms with E-state index in [1.807, 2.05) is 0 Å². The third-order valence-electron chi connectivity index (χ3n) is 2.04. The fourth-order valence-electron chi connectivity index (χ4n) is 1.52. The van der Waals surface area contributed by atoms with Gasteiger partial charge in [0.15, 0.2) is 0 Å². The zero-order chi connectivity index (χ0) is 8.91. The standard InChI is InChI=1S/C10H21Br/c1-5-6-7-10(3,4)8-9(2)11/h9H,5-8H2,1-4H3. The molecule has 0 aromatic rings. The van der Waals surface area contributed by atoms with Crippen molar-refractivity contribution in [2.45, 2.75) is 58.2 Å². The Morgan fingerprint density at radius 2 is 1.91 bits per heavy atom. The van der Waals surface area contributed by atoms with E-state index in [0.717, 1.165) is 0 Å². The van der Waals surface area contributed by atoms with Crippen molar-refractivity contribution in [2.24, 2.45) is 5.41 Å². The summed E-state index contributed by atoms with van der Waals surface area (Å²) in [6.45, 7) is 9.21. The van der Waals surface area contributed by atoms with E-state index in [1.54, 1.807) is 0 Å². The summed E-state index contributed by atoms with van der Waals surface area (Å²) < 4.78 is 0. The summed E-state index contributed by atoms with van der Waals surface area (Å²) in [5, 5.41) is 0. The number of rotatable bonds is 5. The van der Waals surface area contributed by atoms with E-state index < -0.39 is 0 Å². The van der Waals surface area contributed by atoms with Crippen molar-refractivity contribution in [1.29, 1.82) is 0 Å². The van der Waals surface area contributed by atoms with Crippen molar-refractivity contribution in [2.75, 3.05) is 0 Å². The van der Waals surface area contributed by atoms with Crippen molar-refractivity contribution in [3.63, 3.8) is 0 Å². The normalized spacial score (nSPS) is 15.0. The van der Waals surface area contributed by atoms with Crippen LogP contribution in [0, 0.1) is 5.41 Å². The summed E-state index contributed by atoms with van der Waals surface area (Å²) in [4.78, 5) is 0.661. The molecule has 0 radical (unpaired) electrons. The maximum atomic E-state index is 3.60. The number of alkyl halides is 1. The monoisotopic (exact) mass is 220 g/mol. The predicted molar refractivity (Wildman–Crippen MR) is 56.3 cm³/mol. The molecule has 68 valence electrons. The third kappa shape index (κ3) is 6.86. The summed E-state index contributed by atoms with van der Waals surface area (Å²) in [6, 6.07) is 0. The van der Waals surface area contributed by atoms with E-state index in [1.165, 1.54) is 25.7 Å². The molecule has 0 N–H and O–H groups in total. The molecule has 1 heteroatoms. The van der Waals surface area contributed by atoms with Crippen molar-refractivity contribution >= 4 is 15.9 Å². The summed E-state index contributed by atoms with van der Waals surface area (Å²) in [5.74, 6) is 0. The largest absolute Gasteiger partial charge is 0.0893 e. The third-order valence-corrected chi connectivity index (χ3v) is 2.36. The molecule has 0 fully saturated rings. The first kappa shape index (κ1) is 11.5. The fourth-order valence-corrected chi connectivity index (χ4v) is 2.40. The number of halogens is 1. The van der Waals surface area contributed by atoms with Gasteiger partial charge in [-0.3, -0.25) is 0 Å². The highest BCUT2D eigenvalue weighted by Gasteiger charge is 2.18. The molecule has 0 nitrogen and oxygen atoms in total. The lowest BCUT2D eigenvalue weighted by Crippen LogP contribution is -2.15. The average Bonchev–Trinajstić information content (AvgIpc) is 1.81. The van der Waals surface area contributed by atoms with Crippen LogP contribution in [0.1, 0.15) is 53.4 Å². The molecule has 0 aliphatic carbocycles. The van der Waals surface area contributed by atoms with Gasteiger partial charge in [-0.25, -0.2) is 0 Å². The minimum atomic E-state index is 0.527. The van der Waals surface area contributed by atoms with Gasteiger partial charge in [-0.15, -0.1) is 0 Å². The quantitative estimate of drug-likeness (QED) is 0.604. The highest BCUT2D eigenvalue weighted by atomic mass is 79.9. The molecule has 0 saturated heterocycles. The molecule has 0 aromatic carbocycles. The van der Waals surface area contributed by atoms with E-state index in [4.69, 9.17) is 0 Å². The highest BCUT2D eigenvalue weighted by molar-refractivity contribution is 9.09. The second-order valence-electron chi connectivity index (χ2n) is 4.25. The van der Waals surface area contributed by atoms with E-state index in [0.29, 0.717) is 10.2 Å². The maximum Gasteiger partial charge on any atom is 0.0122 e. The zero-order valence-electron chi connectivity index (χ0n) is 8.28. The Labute approximate surface area is 79.9 Å². The van der Waals surface area contributed by atoms with Crippen LogP contribution >= 0.6 is 15.9 Å². The highest BCUT2D eigenvalue weighted by Crippen LogP contribution is 2.30. The van der Waals surface area contributed by atoms with Gasteiger partial charge in [0, 0.05) is 4.83 Å². The van der Waals surface area contributed by atoms with Crippen LogP contribution in [-0.2, 0) is 0 Å². The van der Waals surface area contributed by atoms with E-state index in [9.17, 15) is 0 Å². The molecular formula is C10H21Br. The summed E-state index contributed by atoms with van der Waals surface area (Å²) in [7, 11) is 0. The molecule has 1 unspecified atom stereocenters. The van der Waals surface area contributed by atoms with E-state index in [2.05, 4.69) is 43.6 Å². The molecule has 0 aromatic heterocycles. The summed E-state index contributed by atoms with van der Waals surface area (Å²) in [5.41, 5.74) is 0.527. The molecule has 0 bridgehead atoms. The first-order chi connectivity index (χ1) is 4.98. The van der Waals surface area contributed by atoms with Crippen LogP contribution in [0.4, 0.5) is 0 Å². The Morgan fingerprint density at radius 1 is 1.36 bits per heavy atom. The van der Waals surface area contributed by atoms with Crippen LogP contribution in [0.25, 0.3) is 0 Å². The van der Waals surface area contributed by atoms with Crippen LogP contribution in [0.2, 0.25) is 0 Å². The average molecular weight is 221 g/mol. The van der Waals surface area contributed by atoms with Gasteiger partial charge in [0.25, 0.3) is 0 Å². The van der Waals surface area contributed by atoms with Gasteiger partial charge < -0.3 is 0 Å². The molecule has 0 heterocycles. The Balaban J connectivity index is 3.61. The Bertz CT molecular complexity index is 95.0. The minimum Gasteiger partial charge on any atom is -0.0893 e. The van der Waals surface area contributed by atoms with Crippen LogP contribution in [0.15, 0.2) is 0 Å². The van der Waals surface area contributed by atoms with Crippen LogP contribution < -0.4 is 0 Å². The lowest BCUT2D eigenvalue weighted by atomic mass is 9.83. The van der Waals surface area contributed by atoms with Crippen molar-refractivity contribution in [3.05, 3.63) is 0 Å². The van der Waals surface area contributed by atoms with Gasteiger partial charge in [-0.05, 0) is 18.3 Å². The molecule has 0 spiro atoms. The number of hydrogen-bond acceptors (Lipinski definition) is 0. The van der Waals surface area contributed by atoms with Gasteiger partial charge in [0.2, 0.25) is 0 Å². The lowest BCUT2D eigenvalue weighted by Gasteiger charge is -2.25. The first-order valence-corrected chi connectivity index (χ1v) is 5.53. The van der Waals surface area contributed by atoms with Crippen molar-refractivity contribution in [1.82, 2.24) is 0 Å². The van der Waals surface area contributed by atoms with Crippen LogP contribution in [-0.4, -0.2) is 4.83 Å². The van der Waals surface area contributed by atoms with Crippen molar-refractivity contribution in [3.8, 4) is 0 Å². The number of hydrogen-bond donors (Lipinski definition) is 0. The van der Waals surface area contributed by atoms with Gasteiger partial charge >= 0.3 is 0 Å². The van der Waals surface area contributed by atoms with Crippen molar-refractivity contribution < 1.29 is 0 Å². The topological polar surface area (TPSA) is 0 Å². The fraction of sp³-hybridized carbons (Fsp3) is 1.00. The predicted octanol–water partition coefficient (Wildman–Crippen LogP) is 4.38. The van der Waals surface area contributed by atoms with Gasteiger partial charge in [0.05, 0.1) is 0 Å². The summed E-state index contributed by atoms with van der Waals surface area (Å²) >= 11 is 3.60. The Morgan fingerprint density at radius 3 is 2.27 bits per heavy atom. The maximum absolute atomic E-state index is 3.60. The minimum absolute atomic E-state index is 0.527. The van der Waals surface area contributed by atoms with E-state index >= 15 is 0 Å². The molecule has 1 atom stereocenters. The van der Waals surface area contributed by atoms with Gasteiger partial charge in [-0.1, -0.05) is 56.5 Å². The second-order valence-corrected chi connectivity index (χ2v) is 5.82. The smallest absolute Gasteiger partial charge is 0.0122 e. The number of unbranched alkanes of at least 4 members (excludes halogenated alkanes) is 1. The molecule has 0 aliphatic rings. The molecule has 0 aliphatic heterocycles. The molecule has 11 heavy (non-hydrogen) atoms. The Kier molecular flexibility index (Phi) is 5.41. The summed E-state index contributed by atoms with van der Waals surface area (Å²) in [6.07, 6.45) is 5.33. The van der Waals surface area contributed by atoms with Crippen LogP contribution in [0.3, 0.4) is 0 Å². The SMILES string of the molecule is CCCCC(C)(C)CC(C)Br. The van der Waals surface area contributed by atoms with Gasteiger partial charge in [-0.2, -0.15) is 0 Å². The van der Waals surface area contributed by atoms with Crippen LogP contribution in [0.5, 0.6) is 0 Å².